The van der Waals surface area contributed by atoms with Crippen molar-refractivity contribution < 1.29 is 4.74 Å². The molecule has 0 aliphatic carbocycles. The summed E-state index contributed by atoms with van der Waals surface area (Å²) in [6, 6.07) is 13.3. The van der Waals surface area contributed by atoms with E-state index in [0.717, 1.165) is 34.6 Å². The van der Waals surface area contributed by atoms with Gasteiger partial charge in [0.2, 0.25) is 0 Å². The van der Waals surface area contributed by atoms with Crippen molar-refractivity contribution in [2.75, 3.05) is 5.32 Å². The predicted octanol–water partition coefficient (Wildman–Crippen LogP) is 5.48. The molecule has 6 nitrogen and oxygen atoms in total. The fourth-order valence-electron chi connectivity index (χ4n) is 2.79. The molecule has 0 spiro atoms. The highest BCUT2D eigenvalue weighted by atomic mass is 35.5. The fraction of sp³-hybridized carbons (Fsp3) is 0.143. The van der Waals surface area contributed by atoms with Gasteiger partial charge in [0.25, 0.3) is 0 Å². The SMILES string of the molecule is CCc1ccc(Oc2ccc(Nc3ncnc4ccc(Cl)nc34)cc2C)cn1. The molecule has 3 heterocycles. The molecular weight excluding hydrogens is 374 g/mol. The maximum Gasteiger partial charge on any atom is 0.160 e. The van der Waals surface area contributed by atoms with Crippen LogP contribution in [0.3, 0.4) is 0 Å². The van der Waals surface area contributed by atoms with E-state index in [1.54, 1.807) is 12.3 Å². The second-order valence-electron chi connectivity index (χ2n) is 6.27. The van der Waals surface area contributed by atoms with E-state index in [1.807, 2.05) is 43.3 Å². The Morgan fingerprint density at radius 1 is 1.04 bits per heavy atom. The van der Waals surface area contributed by atoms with E-state index in [0.29, 0.717) is 22.2 Å². The average molecular weight is 392 g/mol. The third-order valence-electron chi connectivity index (χ3n) is 4.27. The number of halogens is 1. The Balaban J connectivity index is 1.57. The largest absolute Gasteiger partial charge is 0.455 e. The van der Waals surface area contributed by atoms with Crippen molar-refractivity contribution in [3.05, 3.63) is 71.4 Å². The number of aromatic nitrogens is 4. The van der Waals surface area contributed by atoms with Crippen LogP contribution in [-0.4, -0.2) is 19.9 Å². The minimum Gasteiger partial charge on any atom is -0.455 e. The molecule has 0 saturated carbocycles. The van der Waals surface area contributed by atoms with Gasteiger partial charge in [0.15, 0.2) is 5.82 Å². The zero-order valence-corrected chi connectivity index (χ0v) is 16.2. The van der Waals surface area contributed by atoms with E-state index < -0.39 is 0 Å². The number of benzene rings is 1. The molecule has 0 fully saturated rings. The standard InChI is InChI=1S/C21H18ClN5O/c1-3-14-4-6-16(11-23-14)28-18-8-5-15(10-13(18)2)26-21-20-17(24-12-25-21)7-9-19(22)27-20/h4-12H,3H2,1-2H3,(H,24,25,26). The minimum atomic E-state index is 0.396. The smallest absolute Gasteiger partial charge is 0.160 e. The number of ether oxygens (including phenoxy) is 1. The molecule has 0 radical (unpaired) electrons. The van der Waals surface area contributed by atoms with Gasteiger partial charge in [0.1, 0.15) is 28.5 Å². The van der Waals surface area contributed by atoms with Crippen LogP contribution in [0.15, 0.2) is 55.0 Å². The Kier molecular flexibility index (Phi) is 5.04. The maximum absolute atomic E-state index is 6.02. The molecule has 0 saturated heterocycles. The number of rotatable bonds is 5. The molecule has 0 bridgehead atoms. The highest BCUT2D eigenvalue weighted by Gasteiger charge is 2.09. The van der Waals surface area contributed by atoms with Crippen LogP contribution in [0, 0.1) is 6.92 Å². The summed E-state index contributed by atoms with van der Waals surface area (Å²) in [6.07, 6.45) is 4.14. The Morgan fingerprint density at radius 3 is 2.68 bits per heavy atom. The van der Waals surface area contributed by atoms with Crippen LogP contribution in [0.4, 0.5) is 11.5 Å². The first-order chi connectivity index (χ1) is 13.6. The topological polar surface area (TPSA) is 72.8 Å². The second kappa shape index (κ2) is 7.78. The zero-order chi connectivity index (χ0) is 19.5. The zero-order valence-electron chi connectivity index (χ0n) is 15.5. The van der Waals surface area contributed by atoms with Crippen LogP contribution in [0.5, 0.6) is 11.5 Å². The van der Waals surface area contributed by atoms with E-state index in [-0.39, 0.29) is 0 Å². The van der Waals surface area contributed by atoms with Gasteiger partial charge in [-0.3, -0.25) is 4.98 Å². The van der Waals surface area contributed by atoms with Gasteiger partial charge in [0, 0.05) is 11.4 Å². The van der Waals surface area contributed by atoms with E-state index in [9.17, 15) is 0 Å². The molecule has 1 aromatic carbocycles. The van der Waals surface area contributed by atoms with Crippen molar-refractivity contribution in [2.45, 2.75) is 20.3 Å². The van der Waals surface area contributed by atoms with Crippen molar-refractivity contribution in [3.63, 3.8) is 0 Å². The van der Waals surface area contributed by atoms with Crippen LogP contribution < -0.4 is 10.1 Å². The third-order valence-corrected chi connectivity index (χ3v) is 4.48. The van der Waals surface area contributed by atoms with E-state index in [4.69, 9.17) is 16.3 Å². The summed E-state index contributed by atoms with van der Waals surface area (Å²) < 4.78 is 5.95. The summed E-state index contributed by atoms with van der Waals surface area (Å²) in [7, 11) is 0. The first-order valence-corrected chi connectivity index (χ1v) is 9.28. The molecule has 3 aromatic heterocycles. The average Bonchev–Trinajstić information content (AvgIpc) is 2.71. The van der Waals surface area contributed by atoms with Crippen molar-refractivity contribution >= 4 is 34.1 Å². The number of anilines is 2. The summed E-state index contributed by atoms with van der Waals surface area (Å²) in [6.45, 7) is 4.06. The lowest BCUT2D eigenvalue weighted by atomic mass is 10.2. The van der Waals surface area contributed by atoms with Crippen molar-refractivity contribution in [1.82, 2.24) is 19.9 Å². The predicted molar refractivity (Wildman–Crippen MR) is 110 cm³/mol. The quantitative estimate of drug-likeness (QED) is 0.454. The number of nitrogens with zero attached hydrogens (tertiary/aromatic N) is 4. The number of nitrogens with one attached hydrogen (secondary N) is 1. The Morgan fingerprint density at radius 2 is 1.93 bits per heavy atom. The molecule has 140 valence electrons. The van der Waals surface area contributed by atoms with Crippen molar-refractivity contribution in [1.29, 1.82) is 0 Å². The van der Waals surface area contributed by atoms with Gasteiger partial charge in [-0.25, -0.2) is 15.0 Å². The highest BCUT2D eigenvalue weighted by Crippen LogP contribution is 2.29. The molecule has 0 aliphatic heterocycles. The molecule has 4 aromatic rings. The summed E-state index contributed by atoms with van der Waals surface area (Å²) in [5.41, 5.74) is 4.23. The summed E-state index contributed by atoms with van der Waals surface area (Å²) >= 11 is 6.02. The Labute approximate surface area is 167 Å². The lowest BCUT2D eigenvalue weighted by molar-refractivity contribution is 0.476. The number of aryl methyl sites for hydroxylation is 2. The monoisotopic (exact) mass is 391 g/mol. The van der Waals surface area contributed by atoms with E-state index >= 15 is 0 Å². The third kappa shape index (κ3) is 3.87. The molecule has 0 amide bonds. The Bertz CT molecular complexity index is 1130. The molecule has 1 N–H and O–H groups in total. The van der Waals surface area contributed by atoms with Crippen molar-refractivity contribution in [2.24, 2.45) is 0 Å². The normalized spacial score (nSPS) is 10.8. The number of hydrogen-bond donors (Lipinski definition) is 1. The molecule has 28 heavy (non-hydrogen) atoms. The second-order valence-corrected chi connectivity index (χ2v) is 6.66. The maximum atomic E-state index is 6.02. The van der Waals surface area contributed by atoms with Crippen LogP contribution >= 0.6 is 11.6 Å². The molecule has 0 aliphatic rings. The van der Waals surface area contributed by atoms with Crippen LogP contribution in [0.25, 0.3) is 11.0 Å². The molecule has 0 unspecified atom stereocenters. The summed E-state index contributed by atoms with van der Waals surface area (Å²) in [5, 5.41) is 3.68. The van der Waals surface area contributed by atoms with Gasteiger partial charge < -0.3 is 10.1 Å². The first kappa shape index (κ1) is 18.1. The van der Waals surface area contributed by atoms with Gasteiger partial charge in [-0.2, -0.15) is 0 Å². The molecule has 7 heteroatoms. The van der Waals surface area contributed by atoms with Crippen LogP contribution in [0.2, 0.25) is 5.15 Å². The van der Waals surface area contributed by atoms with E-state index in [2.05, 4.69) is 32.2 Å². The number of pyridine rings is 2. The molecule has 4 rings (SSSR count). The lowest BCUT2D eigenvalue weighted by Gasteiger charge is -2.12. The van der Waals surface area contributed by atoms with Gasteiger partial charge in [-0.1, -0.05) is 18.5 Å². The Hall–Kier alpha value is -3.25. The van der Waals surface area contributed by atoms with E-state index in [1.165, 1.54) is 6.33 Å². The van der Waals surface area contributed by atoms with Gasteiger partial charge in [-0.05, 0) is 61.4 Å². The van der Waals surface area contributed by atoms with Crippen molar-refractivity contribution in [3.8, 4) is 11.5 Å². The first-order valence-electron chi connectivity index (χ1n) is 8.90. The van der Waals surface area contributed by atoms with Crippen LogP contribution in [-0.2, 0) is 6.42 Å². The summed E-state index contributed by atoms with van der Waals surface area (Å²) in [5.74, 6) is 2.08. The number of fused-ring (bicyclic) bond motifs is 1. The summed E-state index contributed by atoms with van der Waals surface area (Å²) in [4.78, 5) is 17.2. The van der Waals surface area contributed by atoms with Crippen LogP contribution in [0.1, 0.15) is 18.2 Å². The molecule has 0 atom stereocenters. The highest BCUT2D eigenvalue weighted by molar-refractivity contribution is 6.29. The number of hydrogen-bond acceptors (Lipinski definition) is 6. The van der Waals surface area contributed by atoms with Gasteiger partial charge in [-0.15, -0.1) is 0 Å². The molecular formula is C21H18ClN5O. The van der Waals surface area contributed by atoms with Gasteiger partial charge >= 0.3 is 0 Å². The minimum absolute atomic E-state index is 0.396. The lowest BCUT2D eigenvalue weighted by Crippen LogP contribution is -1.98. The fourth-order valence-corrected chi connectivity index (χ4v) is 2.94. The van der Waals surface area contributed by atoms with Gasteiger partial charge in [0.05, 0.1) is 11.7 Å².